The SMILES string of the molecule is O=C1[C@@H](Br)SC(=S)N1c1ccccc1. The van der Waals surface area contributed by atoms with Crippen LogP contribution in [0, 0.1) is 0 Å². The number of thiocarbonyl (C=S) groups is 1. The minimum atomic E-state index is -0.241. The van der Waals surface area contributed by atoms with E-state index in [2.05, 4.69) is 15.9 Å². The highest BCUT2D eigenvalue weighted by molar-refractivity contribution is 9.12. The number of nitrogens with zero attached hydrogens (tertiary/aromatic N) is 1. The summed E-state index contributed by atoms with van der Waals surface area (Å²) >= 11 is 9.74. The topological polar surface area (TPSA) is 20.3 Å². The first-order chi connectivity index (χ1) is 6.70. The smallest absolute Gasteiger partial charge is 0.256 e. The second-order valence-electron chi connectivity index (χ2n) is 2.71. The van der Waals surface area contributed by atoms with Gasteiger partial charge in [-0.25, -0.2) is 0 Å². The number of hydrogen-bond acceptors (Lipinski definition) is 3. The fourth-order valence-corrected chi connectivity index (χ4v) is 3.47. The first kappa shape index (κ1) is 10.1. The van der Waals surface area contributed by atoms with E-state index >= 15 is 0 Å². The van der Waals surface area contributed by atoms with Crippen molar-refractivity contribution in [2.75, 3.05) is 4.90 Å². The standard InChI is InChI=1S/C9H6BrNOS2/c10-7-8(12)11(9(13)14-7)6-4-2-1-3-5-6/h1-5,7H/t7-/m0/s1. The molecule has 2 rings (SSSR count). The van der Waals surface area contributed by atoms with Crippen molar-refractivity contribution in [3.63, 3.8) is 0 Å². The van der Waals surface area contributed by atoms with Crippen molar-refractivity contribution in [2.24, 2.45) is 0 Å². The van der Waals surface area contributed by atoms with Crippen molar-refractivity contribution < 1.29 is 4.79 Å². The molecule has 0 aromatic heterocycles. The predicted octanol–water partition coefficient (Wildman–Crippen LogP) is 2.77. The highest BCUT2D eigenvalue weighted by atomic mass is 79.9. The van der Waals surface area contributed by atoms with E-state index < -0.39 is 0 Å². The average molecular weight is 288 g/mol. The fourth-order valence-electron chi connectivity index (χ4n) is 1.19. The third-order valence-electron chi connectivity index (χ3n) is 1.82. The molecule has 2 nitrogen and oxygen atoms in total. The van der Waals surface area contributed by atoms with Gasteiger partial charge in [0.25, 0.3) is 5.91 Å². The van der Waals surface area contributed by atoms with Gasteiger partial charge in [0.1, 0.15) is 8.48 Å². The number of hydrogen-bond donors (Lipinski definition) is 0. The van der Waals surface area contributed by atoms with E-state index in [0.29, 0.717) is 4.32 Å². The molecule has 1 aromatic carbocycles. The van der Waals surface area contributed by atoms with Crippen LogP contribution in [-0.4, -0.2) is 14.4 Å². The molecular weight excluding hydrogens is 282 g/mol. The number of alkyl halides is 1. The molecule has 0 bridgehead atoms. The molecule has 0 spiro atoms. The maximum Gasteiger partial charge on any atom is 0.256 e. The Bertz CT molecular complexity index is 382. The van der Waals surface area contributed by atoms with Gasteiger partial charge in [0, 0.05) is 0 Å². The van der Waals surface area contributed by atoms with Crippen LogP contribution in [0.2, 0.25) is 0 Å². The number of para-hydroxylation sites is 1. The lowest BCUT2D eigenvalue weighted by Gasteiger charge is -2.14. The molecule has 1 aliphatic rings. The van der Waals surface area contributed by atoms with Gasteiger partial charge in [0.2, 0.25) is 0 Å². The quantitative estimate of drug-likeness (QED) is 0.585. The maximum absolute atomic E-state index is 11.7. The van der Waals surface area contributed by atoms with Crippen LogP contribution in [-0.2, 0) is 4.79 Å². The summed E-state index contributed by atoms with van der Waals surface area (Å²) in [5, 5.41) is 0. The maximum atomic E-state index is 11.7. The molecule has 72 valence electrons. The molecule has 1 aliphatic heterocycles. The Labute approximate surface area is 99.8 Å². The molecule has 0 saturated carbocycles. The summed E-state index contributed by atoms with van der Waals surface area (Å²) in [6.07, 6.45) is 0. The van der Waals surface area contributed by atoms with E-state index in [9.17, 15) is 4.79 Å². The van der Waals surface area contributed by atoms with Crippen molar-refractivity contribution in [3.8, 4) is 0 Å². The van der Waals surface area contributed by atoms with Gasteiger partial charge in [-0.3, -0.25) is 9.69 Å². The number of carbonyl (C=O) groups excluding carboxylic acids is 1. The van der Waals surface area contributed by atoms with Gasteiger partial charge in [0.15, 0.2) is 0 Å². The van der Waals surface area contributed by atoms with Crippen LogP contribution in [0.15, 0.2) is 30.3 Å². The van der Waals surface area contributed by atoms with Crippen molar-refractivity contribution >= 4 is 55.8 Å². The molecule has 1 saturated heterocycles. The minimum absolute atomic E-state index is 0.00815. The third-order valence-corrected chi connectivity index (χ3v) is 4.03. The Hall–Kier alpha value is -0.390. The monoisotopic (exact) mass is 287 g/mol. The normalized spacial score (nSPS) is 21.8. The van der Waals surface area contributed by atoms with Gasteiger partial charge in [-0.1, -0.05) is 58.1 Å². The number of rotatable bonds is 1. The minimum Gasteiger partial charge on any atom is -0.272 e. The van der Waals surface area contributed by atoms with Crippen LogP contribution >= 0.6 is 39.9 Å². The predicted molar refractivity (Wildman–Crippen MR) is 66.8 cm³/mol. The molecule has 14 heavy (non-hydrogen) atoms. The van der Waals surface area contributed by atoms with Gasteiger partial charge in [-0.2, -0.15) is 0 Å². The first-order valence-corrected chi connectivity index (χ1v) is 6.14. The van der Waals surface area contributed by atoms with Gasteiger partial charge in [0.05, 0.1) is 5.69 Å². The number of carbonyl (C=O) groups is 1. The van der Waals surface area contributed by atoms with Crippen molar-refractivity contribution in [2.45, 2.75) is 4.16 Å². The molecule has 1 amide bonds. The molecule has 0 unspecified atom stereocenters. The Kier molecular flexibility index (Phi) is 2.90. The zero-order chi connectivity index (χ0) is 10.1. The van der Waals surface area contributed by atoms with E-state index in [1.54, 1.807) is 4.90 Å². The highest BCUT2D eigenvalue weighted by Gasteiger charge is 2.35. The Morgan fingerprint density at radius 3 is 2.50 bits per heavy atom. The molecule has 0 radical (unpaired) electrons. The van der Waals surface area contributed by atoms with Crippen LogP contribution in [0.1, 0.15) is 0 Å². The van der Waals surface area contributed by atoms with Crippen LogP contribution < -0.4 is 4.90 Å². The van der Waals surface area contributed by atoms with Crippen molar-refractivity contribution in [3.05, 3.63) is 30.3 Å². The fraction of sp³-hybridized carbons (Fsp3) is 0.111. The van der Waals surface area contributed by atoms with Crippen LogP contribution in [0.5, 0.6) is 0 Å². The van der Waals surface area contributed by atoms with E-state index in [0.717, 1.165) is 5.69 Å². The Balaban J connectivity index is 2.36. The number of halogens is 1. The molecule has 5 heteroatoms. The summed E-state index contributed by atoms with van der Waals surface area (Å²) in [5.74, 6) is -0.00815. The molecule has 0 aliphatic carbocycles. The lowest BCUT2D eigenvalue weighted by molar-refractivity contribution is -0.115. The van der Waals surface area contributed by atoms with E-state index in [4.69, 9.17) is 12.2 Å². The summed E-state index contributed by atoms with van der Waals surface area (Å²) < 4.78 is 0.360. The summed E-state index contributed by atoms with van der Waals surface area (Å²) in [7, 11) is 0. The number of thioether (sulfide) groups is 1. The average Bonchev–Trinajstić information content (AvgIpc) is 2.43. The molecule has 1 aromatic rings. The van der Waals surface area contributed by atoms with Gasteiger partial charge >= 0.3 is 0 Å². The second kappa shape index (κ2) is 4.00. The summed E-state index contributed by atoms with van der Waals surface area (Å²) in [4.78, 5) is 13.2. The molecule has 1 atom stereocenters. The van der Waals surface area contributed by atoms with Crippen molar-refractivity contribution in [1.29, 1.82) is 0 Å². The molecule has 1 heterocycles. The summed E-state index contributed by atoms with van der Waals surface area (Å²) in [5.41, 5.74) is 0.831. The van der Waals surface area contributed by atoms with Crippen LogP contribution in [0.25, 0.3) is 0 Å². The largest absolute Gasteiger partial charge is 0.272 e. The van der Waals surface area contributed by atoms with Crippen molar-refractivity contribution in [1.82, 2.24) is 0 Å². The summed E-state index contributed by atoms with van der Waals surface area (Å²) in [6, 6.07) is 9.42. The van der Waals surface area contributed by atoms with Gasteiger partial charge in [-0.05, 0) is 12.1 Å². The molecule has 0 N–H and O–H groups in total. The van der Waals surface area contributed by atoms with E-state index in [1.807, 2.05) is 30.3 Å². The van der Waals surface area contributed by atoms with E-state index in [1.165, 1.54) is 11.8 Å². The Morgan fingerprint density at radius 2 is 2.00 bits per heavy atom. The molecule has 1 fully saturated rings. The zero-order valence-electron chi connectivity index (χ0n) is 7.01. The number of benzene rings is 1. The third kappa shape index (κ3) is 1.71. The number of anilines is 1. The van der Waals surface area contributed by atoms with E-state index in [-0.39, 0.29) is 10.1 Å². The van der Waals surface area contributed by atoms with Gasteiger partial charge < -0.3 is 0 Å². The first-order valence-electron chi connectivity index (χ1n) is 3.94. The zero-order valence-corrected chi connectivity index (χ0v) is 10.2. The number of amides is 1. The van der Waals surface area contributed by atoms with Gasteiger partial charge in [-0.15, -0.1) is 0 Å². The highest BCUT2D eigenvalue weighted by Crippen LogP contribution is 2.34. The van der Waals surface area contributed by atoms with Crippen LogP contribution in [0.3, 0.4) is 0 Å². The Morgan fingerprint density at radius 1 is 1.36 bits per heavy atom. The lowest BCUT2D eigenvalue weighted by Crippen LogP contribution is -2.29. The summed E-state index contributed by atoms with van der Waals surface area (Å²) in [6.45, 7) is 0. The second-order valence-corrected chi connectivity index (χ2v) is 5.97. The van der Waals surface area contributed by atoms with Crippen LogP contribution in [0.4, 0.5) is 5.69 Å². The lowest BCUT2D eigenvalue weighted by atomic mass is 10.3. The molecular formula is C9H6BrNOS2.